The van der Waals surface area contributed by atoms with E-state index in [9.17, 15) is 5.26 Å². The van der Waals surface area contributed by atoms with Crippen LogP contribution in [-0.4, -0.2) is 14.8 Å². The summed E-state index contributed by atoms with van der Waals surface area (Å²) in [5.41, 5.74) is 4.32. The summed E-state index contributed by atoms with van der Waals surface area (Å²) in [6, 6.07) is 19.4. The van der Waals surface area contributed by atoms with E-state index in [2.05, 4.69) is 21.5 Å². The van der Waals surface area contributed by atoms with Crippen LogP contribution in [0.4, 0.5) is 5.82 Å². The molecule has 0 aliphatic rings. The van der Waals surface area contributed by atoms with Crippen LogP contribution in [0.15, 0.2) is 60.8 Å². The monoisotopic (exact) mass is 373 g/mol. The molecule has 2 heterocycles. The van der Waals surface area contributed by atoms with Crippen LogP contribution in [0.2, 0.25) is 5.02 Å². The van der Waals surface area contributed by atoms with E-state index in [1.54, 1.807) is 22.9 Å². The number of rotatable bonds is 4. The topological polar surface area (TPSA) is 66.5 Å². The minimum Gasteiger partial charge on any atom is -0.366 e. The average molecular weight is 374 g/mol. The minimum atomic E-state index is 0.541. The van der Waals surface area contributed by atoms with Gasteiger partial charge in [0.1, 0.15) is 5.82 Å². The standard InChI is InChI=1S/C21H16ClN5/c1-27-13-16(21(26-27)14-5-3-2-4-6-14)12-24-20-9-15(11-23)18-10-17(22)7-8-19(18)25-20/h2-10,13H,12H2,1H3,(H,24,25). The molecule has 4 aromatic rings. The largest absolute Gasteiger partial charge is 0.366 e. The van der Waals surface area contributed by atoms with E-state index < -0.39 is 0 Å². The lowest BCUT2D eigenvalue weighted by Crippen LogP contribution is -2.03. The highest BCUT2D eigenvalue weighted by Crippen LogP contribution is 2.25. The van der Waals surface area contributed by atoms with Crippen molar-refractivity contribution in [2.45, 2.75) is 6.54 Å². The van der Waals surface area contributed by atoms with Crippen LogP contribution in [0.3, 0.4) is 0 Å². The molecule has 6 heteroatoms. The Morgan fingerprint density at radius 3 is 2.74 bits per heavy atom. The molecule has 0 aliphatic carbocycles. The number of fused-ring (bicyclic) bond motifs is 1. The van der Waals surface area contributed by atoms with Crippen molar-refractivity contribution in [2.24, 2.45) is 7.05 Å². The Kier molecular flexibility index (Phi) is 4.49. The summed E-state index contributed by atoms with van der Waals surface area (Å²) in [4.78, 5) is 4.60. The van der Waals surface area contributed by atoms with E-state index >= 15 is 0 Å². The molecule has 0 radical (unpaired) electrons. The molecule has 0 unspecified atom stereocenters. The number of hydrogen-bond acceptors (Lipinski definition) is 4. The smallest absolute Gasteiger partial charge is 0.128 e. The summed E-state index contributed by atoms with van der Waals surface area (Å²) in [6.45, 7) is 0.551. The molecule has 0 bridgehead atoms. The van der Waals surface area contributed by atoms with Gasteiger partial charge in [-0.2, -0.15) is 10.4 Å². The zero-order valence-electron chi connectivity index (χ0n) is 14.6. The van der Waals surface area contributed by atoms with Crippen molar-refractivity contribution >= 4 is 28.3 Å². The lowest BCUT2D eigenvalue weighted by Gasteiger charge is -2.09. The number of nitrogens with zero attached hydrogens (tertiary/aromatic N) is 4. The van der Waals surface area contributed by atoms with Crippen LogP contribution in [0.1, 0.15) is 11.1 Å². The SMILES string of the molecule is Cn1cc(CNc2cc(C#N)c3cc(Cl)ccc3n2)c(-c2ccccc2)n1. The molecule has 2 aromatic carbocycles. The van der Waals surface area contributed by atoms with Gasteiger partial charge in [-0.25, -0.2) is 4.98 Å². The van der Waals surface area contributed by atoms with Crippen LogP contribution in [0.5, 0.6) is 0 Å². The van der Waals surface area contributed by atoms with E-state index in [0.717, 1.165) is 27.7 Å². The normalized spacial score (nSPS) is 10.7. The molecule has 27 heavy (non-hydrogen) atoms. The molecule has 0 aliphatic heterocycles. The number of pyridine rings is 1. The first-order valence-electron chi connectivity index (χ1n) is 8.46. The molecule has 4 rings (SSSR count). The molecule has 0 saturated carbocycles. The van der Waals surface area contributed by atoms with Crippen LogP contribution in [-0.2, 0) is 13.6 Å². The van der Waals surface area contributed by atoms with Gasteiger partial charge in [-0.15, -0.1) is 0 Å². The van der Waals surface area contributed by atoms with Gasteiger partial charge < -0.3 is 5.32 Å². The number of aromatic nitrogens is 3. The molecule has 0 spiro atoms. The third kappa shape index (κ3) is 3.48. The molecule has 2 aromatic heterocycles. The van der Waals surface area contributed by atoms with Crippen molar-refractivity contribution < 1.29 is 0 Å². The first-order chi connectivity index (χ1) is 13.1. The van der Waals surface area contributed by atoms with Gasteiger partial charge >= 0.3 is 0 Å². The lowest BCUT2D eigenvalue weighted by molar-refractivity contribution is 0.770. The summed E-state index contributed by atoms with van der Waals surface area (Å²) in [5, 5.41) is 18.7. The van der Waals surface area contributed by atoms with Gasteiger partial charge in [-0.1, -0.05) is 41.9 Å². The zero-order chi connectivity index (χ0) is 18.8. The summed E-state index contributed by atoms with van der Waals surface area (Å²) in [7, 11) is 1.90. The molecule has 1 N–H and O–H groups in total. The Balaban J connectivity index is 1.65. The third-order valence-corrected chi connectivity index (χ3v) is 4.54. The summed E-state index contributed by atoms with van der Waals surface area (Å²) in [5.74, 6) is 0.643. The number of nitrogens with one attached hydrogen (secondary N) is 1. The van der Waals surface area contributed by atoms with Crippen molar-refractivity contribution in [3.63, 3.8) is 0 Å². The van der Waals surface area contributed by atoms with Crippen molar-refractivity contribution in [1.82, 2.24) is 14.8 Å². The maximum Gasteiger partial charge on any atom is 0.128 e. The number of hydrogen-bond donors (Lipinski definition) is 1. The van der Waals surface area contributed by atoms with Crippen LogP contribution >= 0.6 is 11.6 Å². The van der Waals surface area contributed by atoms with E-state index in [-0.39, 0.29) is 0 Å². The van der Waals surface area contributed by atoms with Crippen molar-refractivity contribution in [1.29, 1.82) is 5.26 Å². The molecule has 0 fully saturated rings. The average Bonchev–Trinajstić information content (AvgIpc) is 3.07. The Hall–Kier alpha value is -3.36. The van der Waals surface area contributed by atoms with Gasteiger partial charge in [0, 0.05) is 41.3 Å². The Labute approximate surface area is 161 Å². The molecule has 5 nitrogen and oxygen atoms in total. The van der Waals surface area contributed by atoms with Gasteiger partial charge in [-0.3, -0.25) is 4.68 Å². The Morgan fingerprint density at radius 1 is 1.15 bits per heavy atom. The number of halogens is 1. The molecular weight excluding hydrogens is 358 g/mol. The highest BCUT2D eigenvalue weighted by Gasteiger charge is 2.11. The molecule has 0 amide bonds. The van der Waals surface area contributed by atoms with Gasteiger partial charge in [0.15, 0.2) is 0 Å². The molecule has 0 saturated heterocycles. The predicted octanol–water partition coefficient (Wildman–Crippen LogP) is 4.77. The number of anilines is 1. The second-order valence-corrected chi connectivity index (χ2v) is 6.66. The van der Waals surface area contributed by atoms with Gasteiger partial charge in [-0.05, 0) is 24.3 Å². The quantitative estimate of drug-likeness (QED) is 0.559. The fourth-order valence-electron chi connectivity index (χ4n) is 3.07. The second kappa shape index (κ2) is 7.10. The number of benzene rings is 2. The summed E-state index contributed by atoms with van der Waals surface area (Å²) >= 11 is 6.04. The minimum absolute atomic E-state index is 0.541. The predicted molar refractivity (Wildman–Crippen MR) is 107 cm³/mol. The fraction of sp³-hybridized carbons (Fsp3) is 0.0952. The maximum absolute atomic E-state index is 9.47. The first kappa shape index (κ1) is 17.1. The zero-order valence-corrected chi connectivity index (χ0v) is 15.4. The van der Waals surface area contributed by atoms with E-state index in [0.29, 0.717) is 22.9 Å². The van der Waals surface area contributed by atoms with Crippen molar-refractivity contribution in [3.8, 4) is 17.3 Å². The highest BCUT2D eigenvalue weighted by molar-refractivity contribution is 6.31. The number of nitriles is 1. The van der Waals surface area contributed by atoms with Gasteiger partial charge in [0.2, 0.25) is 0 Å². The summed E-state index contributed by atoms with van der Waals surface area (Å²) < 4.78 is 1.80. The molecule has 0 atom stereocenters. The second-order valence-electron chi connectivity index (χ2n) is 6.22. The van der Waals surface area contributed by atoms with E-state index in [1.165, 1.54) is 0 Å². The van der Waals surface area contributed by atoms with Gasteiger partial charge in [0.25, 0.3) is 0 Å². The third-order valence-electron chi connectivity index (χ3n) is 4.30. The molecular formula is C21H16ClN5. The molecule has 132 valence electrons. The van der Waals surface area contributed by atoms with Crippen molar-refractivity contribution in [3.05, 3.63) is 76.9 Å². The lowest BCUT2D eigenvalue weighted by atomic mass is 10.1. The number of aryl methyl sites for hydroxylation is 1. The van der Waals surface area contributed by atoms with E-state index in [1.807, 2.05) is 49.6 Å². The Morgan fingerprint density at radius 2 is 1.96 bits per heavy atom. The van der Waals surface area contributed by atoms with E-state index in [4.69, 9.17) is 11.6 Å². The van der Waals surface area contributed by atoms with Crippen LogP contribution in [0, 0.1) is 11.3 Å². The van der Waals surface area contributed by atoms with Gasteiger partial charge in [0.05, 0.1) is 22.8 Å². The highest BCUT2D eigenvalue weighted by atomic mass is 35.5. The van der Waals surface area contributed by atoms with Crippen molar-refractivity contribution in [2.75, 3.05) is 5.32 Å². The Bertz CT molecular complexity index is 1160. The maximum atomic E-state index is 9.47. The van der Waals surface area contributed by atoms with Crippen LogP contribution < -0.4 is 5.32 Å². The summed E-state index contributed by atoms with van der Waals surface area (Å²) in [6.07, 6.45) is 1.99. The first-order valence-corrected chi connectivity index (χ1v) is 8.84. The fourth-order valence-corrected chi connectivity index (χ4v) is 3.24. The van der Waals surface area contributed by atoms with Crippen LogP contribution in [0.25, 0.3) is 22.2 Å².